The number of hydrogen-bond donors (Lipinski definition) is 0. The second kappa shape index (κ2) is 6.65. The molecule has 2 rings (SSSR count). The average molecular weight is 325 g/mol. The van der Waals surface area contributed by atoms with E-state index in [4.69, 9.17) is 0 Å². The van der Waals surface area contributed by atoms with Gasteiger partial charge >= 0.3 is 5.97 Å². The standard InChI is InChI=1S/C15H13F2NO3S/c1-18(14(19)12-4-3-7-22-12)13(15(20)21-2)10-8-9(16)5-6-11(10)17/h3-8,13H,1-2H3/t13-/m1/s1. The summed E-state index contributed by atoms with van der Waals surface area (Å²) >= 11 is 1.19. The summed E-state index contributed by atoms with van der Waals surface area (Å²) in [7, 11) is 2.46. The predicted octanol–water partition coefficient (Wildman–Crippen LogP) is 3.01. The van der Waals surface area contributed by atoms with Crippen molar-refractivity contribution in [2.75, 3.05) is 14.2 Å². The van der Waals surface area contributed by atoms with Crippen LogP contribution in [-0.4, -0.2) is 30.9 Å². The number of nitrogens with zero attached hydrogens (tertiary/aromatic N) is 1. The van der Waals surface area contributed by atoms with Crippen LogP contribution in [0.2, 0.25) is 0 Å². The zero-order chi connectivity index (χ0) is 16.3. The first-order valence-electron chi connectivity index (χ1n) is 6.29. The number of carbonyl (C=O) groups excluding carboxylic acids is 2. The number of methoxy groups -OCH3 is 1. The summed E-state index contributed by atoms with van der Waals surface area (Å²) in [5, 5.41) is 1.71. The summed E-state index contributed by atoms with van der Waals surface area (Å²) in [5.74, 6) is -2.82. The van der Waals surface area contributed by atoms with Gasteiger partial charge in [0.05, 0.1) is 12.0 Å². The number of amides is 1. The lowest BCUT2D eigenvalue weighted by atomic mass is 10.0. The number of hydrogen-bond acceptors (Lipinski definition) is 4. The summed E-state index contributed by atoms with van der Waals surface area (Å²) in [4.78, 5) is 25.8. The fourth-order valence-corrected chi connectivity index (χ4v) is 2.73. The van der Waals surface area contributed by atoms with E-state index in [1.54, 1.807) is 17.5 Å². The first-order chi connectivity index (χ1) is 10.5. The van der Waals surface area contributed by atoms with Crippen LogP contribution in [0.1, 0.15) is 21.3 Å². The van der Waals surface area contributed by atoms with E-state index in [9.17, 15) is 18.4 Å². The van der Waals surface area contributed by atoms with Gasteiger partial charge in [0.25, 0.3) is 5.91 Å². The average Bonchev–Trinajstić information content (AvgIpc) is 3.04. The highest BCUT2D eigenvalue weighted by Crippen LogP contribution is 2.27. The number of thiophene rings is 1. The van der Waals surface area contributed by atoms with Gasteiger partial charge in [0.2, 0.25) is 0 Å². The summed E-state index contributed by atoms with van der Waals surface area (Å²) in [5.41, 5.74) is -0.251. The second-order valence-corrected chi connectivity index (χ2v) is 5.43. The Kier molecular flexibility index (Phi) is 4.87. The molecule has 1 amide bonds. The Hall–Kier alpha value is -2.28. The number of ether oxygens (including phenoxy) is 1. The van der Waals surface area contributed by atoms with Crippen LogP contribution in [0.4, 0.5) is 8.78 Å². The molecule has 1 heterocycles. The number of carbonyl (C=O) groups is 2. The molecule has 0 bridgehead atoms. The van der Waals surface area contributed by atoms with E-state index >= 15 is 0 Å². The van der Waals surface area contributed by atoms with Crippen molar-refractivity contribution in [3.63, 3.8) is 0 Å². The normalized spacial score (nSPS) is 11.8. The summed E-state index contributed by atoms with van der Waals surface area (Å²) < 4.78 is 32.0. The molecule has 0 saturated heterocycles. The Morgan fingerprint density at radius 2 is 2.00 bits per heavy atom. The van der Waals surface area contributed by atoms with Crippen LogP contribution in [0.15, 0.2) is 35.7 Å². The highest BCUT2D eigenvalue weighted by molar-refractivity contribution is 7.12. The van der Waals surface area contributed by atoms with Gasteiger partial charge in [-0.15, -0.1) is 11.3 Å². The summed E-state index contributed by atoms with van der Waals surface area (Å²) in [6, 6.07) is 4.63. The van der Waals surface area contributed by atoms with Crippen LogP contribution in [0.3, 0.4) is 0 Å². The van der Waals surface area contributed by atoms with Gasteiger partial charge in [0.15, 0.2) is 6.04 Å². The molecule has 1 aromatic heterocycles. The Balaban J connectivity index is 2.44. The van der Waals surface area contributed by atoms with Gasteiger partial charge in [-0.1, -0.05) is 6.07 Å². The Labute approximate surface area is 129 Å². The van der Waals surface area contributed by atoms with Crippen LogP contribution in [-0.2, 0) is 9.53 Å². The third-order valence-corrected chi connectivity index (χ3v) is 3.97. The van der Waals surface area contributed by atoms with Crippen LogP contribution >= 0.6 is 11.3 Å². The highest BCUT2D eigenvalue weighted by Gasteiger charge is 2.32. The SMILES string of the molecule is COC(=O)[C@@H](c1cc(F)ccc1F)N(C)C(=O)c1cccs1. The van der Waals surface area contributed by atoms with Crippen molar-refractivity contribution in [3.8, 4) is 0 Å². The van der Waals surface area contributed by atoms with E-state index in [1.165, 1.54) is 18.4 Å². The number of halogens is 2. The van der Waals surface area contributed by atoms with Gasteiger partial charge in [-0.05, 0) is 29.6 Å². The molecule has 0 aliphatic carbocycles. The van der Waals surface area contributed by atoms with Crippen molar-refractivity contribution in [1.82, 2.24) is 4.90 Å². The third kappa shape index (κ3) is 3.14. The van der Waals surface area contributed by atoms with Crippen LogP contribution in [0.5, 0.6) is 0 Å². The molecule has 0 unspecified atom stereocenters. The van der Waals surface area contributed by atoms with Crippen LogP contribution in [0, 0.1) is 11.6 Å². The lowest BCUT2D eigenvalue weighted by Gasteiger charge is -2.26. The smallest absolute Gasteiger partial charge is 0.333 e. The molecule has 0 aliphatic heterocycles. The maximum absolute atomic E-state index is 14.0. The minimum absolute atomic E-state index is 0.251. The Bertz CT molecular complexity index is 688. The highest BCUT2D eigenvalue weighted by atomic mass is 32.1. The summed E-state index contributed by atoms with van der Waals surface area (Å²) in [6.07, 6.45) is 0. The van der Waals surface area contributed by atoms with Crippen LogP contribution < -0.4 is 0 Å². The fraction of sp³-hybridized carbons (Fsp3) is 0.200. The van der Waals surface area contributed by atoms with Crippen molar-refractivity contribution in [2.45, 2.75) is 6.04 Å². The molecule has 0 spiro atoms. The molecule has 7 heteroatoms. The minimum Gasteiger partial charge on any atom is -0.467 e. The van der Waals surface area contributed by atoms with Crippen LogP contribution in [0.25, 0.3) is 0 Å². The van der Waals surface area contributed by atoms with E-state index in [2.05, 4.69) is 4.74 Å². The largest absolute Gasteiger partial charge is 0.467 e. The first kappa shape index (κ1) is 16.1. The van der Waals surface area contributed by atoms with Crippen molar-refractivity contribution in [1.29, 1.82) is 0 Å². The molecule has 0 aliphatic rings. The fourth-order valence-electron chi connectivity index (χ4n) is 2.02. The molecule has 0 saturated carbocycles. The molecule has 1 aromatic carbocycles. The molecule has 22 heavy (non-hydrogen) atoms. The number of esters is 1. The Morgan fingerprint density at radius 1 is 1.27 bits per heavy atom. The molecule has 0 fully saturated rings. The molecule has 0 N–H and O–H groups in total. The number of rotatable bonds is 4. The molecular weight excluding hydrogens is 312 g/mol. The van der Waals surface area contributed by atoms with E-state index in [0.29, 0.717) is 4.88 Å². The zero-order valence-electron chi connectivity index (χ0n) is 11.9. The molecular formula is C15H13F2NO3S. The molecule has 0 radical (unpaired) electrons. The first-order valence-corrected chi connectivity index (χ1v) is 7.17. The minimum atomic E-state index is -1.37. The summed E-state index contributed by atoms with van der Waals surface area (Å²) in [6.45, 7) is 0. The van der Waals surface area contributed by atoms with Gasteiger partial charge in [-0.25, -0.2) is 13.6 Å². The predicted molar refractivity (Wildman–Crippen MR) is 77.5 cm³/mol. The lowest BCUT2D eigenvalue weighted by molar-refractivity contribution is -0.146. The topological polar surface area (TPSA) is 46.6 Å². The molecule has 116 valence electrons. The van der Waals surface area contributed by atoms with E-state index in [-0.39, 0.29) is 5.56 Å². The molecule has 1 atom stereocenters. The molecule has 4 nitrogen and oxygen atoms in total. The van der Waals surface area contributed by atoms with Gasteiger partial charge in [-0.3, -0.25) is 4.79 Å². The lowest BCUT2D eigenvalue weighted by Crippen LogP contribution is -2.36. The van der Waals surface area contributed by atoms with Crippen molar-refractivity contribution in [2.24, 2.45) is 0 Å². The zero-order valence-corrected chi connectivity index (χ0v) is 12.7. The van der Waals surface area contributed by atoms with Crippen molar-refractivity contribution in [3.05, 3.63) is 57.8 Å². The van der Waals surface area contributed by atoms with Crippen molar-refractivity contribution < 1.29 is 23.1 Å². The van der Waals surface area contributed by atoms with Gasteiger partial charge in [0.1, 0.15) is 11.6 Å². The second-order valence-electron chi connectivity index (χ2n) is 4.48. The monoisotopic (exact) mass is 325 g/mol. The Morgan fingerprint density at radius 3 is 2.59 bits per heavy atom. The quantitative estimate of drug-likeness (QED) is 0.812. The molecule has 2 aromatic rings. The van der Waals surface area contributed by atoms with E-state index in [1.807, 2.05) is 0 Å². The maximum Gasteiger partial charge on any atom is 0.333 e. The van der Waals surface area contributed by atoms with Gasteiger partial charge < -0.3 is 9.64 Å². The van der Waals surface area contributed by atoms with E-state index in [0.717, 1.165) is 30.2 Å². The van der Waals surface area contributed by atoms with Crippen molar-refractivity contribution >= 4 is 23.2 Å². The van der Waals surface area contributed by atoms with Gasteiger partial charge in [-0.2, -0.15) is 0 Å². The van der Waals surface area contributed by atoms with E-state index < -0.39 is 29.6 Å². The third-order valence-electron chi connectivity index (χ3n) is 3.12. The number of benzene rings is 1. The number of likely N-dealkylation sites (N-methyl/N-ethyl adjacent to an activating group) is 1. The van der Waals surface area contributed by atoms with Gasteiger partial charge in [0, 0.05) is 12.6 Å². The maximum atomic E-state index is 14.0.